The Kier molecular flexibility index (Phi) is 4.79. The van der Waals surface area contributed by atoms with E-state index in [1.165, 1.54) is 17.6 Å². The van der Waals surface area contributed by atoms with Gasteiger partial charge in [-0.2, -0.15) is 0 Å². The minimum absolute atomic E-state index is 0.0608. The number of nitrogens with one attached hydrogen (secondary N) is 1. The smallest absolute Gasteiger partial charge is 0.127 e. The van der Waals surface area contributed by atoms with Crippen molar-refractivity contribution >= 4 is 27.5 Å². The lowest BCUT2D eigenvalue weighted by Crippen LogP contribution is -2.22. The van der Waals surface area contributed by atoms with E-state index in [-0.39, 0.29) is 11.9 Å². The summed E-state index contributed by atoms with van der Waals surface area (Å²) in [5.74, 6) is -0.190. The molecule has 0 bridgehead atoms. The van der Waals surface area contributed by atoms with Crippen LogP contribution in [0.5, 0.6) is 0 Å². The average molecular weight is 330 g/mol. The van der Waals surface area contributed by atoms with Crippen LogP contribution in [0.25, 0.3) is 0 Å². The van der Waals surface area contributed by atoms with Crippen molar-refractivity contribution in [3.05, 3.63) is 45.1 Å². The number of aromatic nitrogens is 2. The van der Waals surface area contributed by atoms with Crippen LogP contribution in [0.4, 0.5) is 4.39 Å². The van der Waals surface area contributed by atoms with Crippen molar-refractivity contribution in [3.8, 4) is 0 Å². The molecule has 2 aromatic rings. The fourth-order valence-corrected chi connectivity index (χ4v) is 2.67. The summed E-state index contributed by atoms with van der Waals surface area (Å²) >= 11 is 4.60. The monoisotopic (exact) mass is 329 g/mol. The molecule has 0 aliphatic heterocycles. The highest BCUT2D eigenvalue weighted by atomic mass is 79.9. The molecule has 1 heterocycles. The first-order valence-corrected chi connectivity index (χ1v) is 7.22. The molecule has 3 nitrogen and oxygen atoms in total. The van der Waals surface area contributed by atoms with Crippen LogP contribution in [0.2, 0.25) is 0 Å². The third-order valence-electron chi connectivity index (χ3n) is 2.61. The first kappa shape index (κ1) is 13.6. The second kappa shape index (κ2) is 6.36. The molecule has 2 rings (SSSR count). The van der Waals surface area contributed by atoms with E-state index in [2.05, 4.69) is 30.8 Å². The Labute approximate surface area is 118 Å². The summed E-state index contributed by atoms with van der Waals surface area (Å²) in [6.45, 7) is 2.85. The number of hydrogen-bond acceptors (Lipinski definition) is 4. The SMILES string of the molecule is CCNC(Cc1ccc(Br)cc1F)c1cnns1. The van der Waals surface area contributed by atoms with Crippen LogP contribution in [-0.2, 0) is 6.42 Å². The van der Waals surface area contributed by atoms with E-state index in [9.17, 15) is 4.39 Å². The molecule has 0 saturated heterocycles. The molecule has 0 saturated carbocycles. The van der Waals surface area contributed by atoms with Crippen molar-refractivity contribution in [2.45, 2.75) is 19.4 Å². The molecule has 96 valence electrons. The van der Waals surface area contributed by atoms with Crippen molar-refractivity contribution in [1.29, 1.82) is 0 Å². The van der Waals surface area contributed by atoms with E-state index < -0.39 is 0 Å². The third kappa shape index (κ3) is 3.34. The Morgan fingerprint density at radius 3 is 2.94 bits per heavy atom. The van der Waals surface area contributed by atoms with E-state index in [1.807, 2.05) is 13.0 Å². The number of benzene rings is 1. The van der Waals surface area contributed by atoms with E-state index in [0.29, 0.717) is 12.0 Å². The van der Waals surface area contributed by atoms with Crippen LogP contribution in [0, 0.1) is 5.82 Å². The predicted molar refractivity (Wildman–Crippen MR) is 74.1 cm³/mol. The quantitative estimate of drug-likeness (QED) is 0.914. The van der Waals surface area contributed by atoms with Crippen LogP contribution in [0.3, 0.4) is 0 Å². The Morgan fingerprint density at radius 1 is 1.50 bits per heavy atom. The number of halogens is 2. The standard InChI is InChI=1S/C12H13BrFN3S/c1-2-15-11(12-7-16-17-18-12)5-8-3-4-9(13)6-10(8)14/h3-4,6-7,11,15H,2,5H2,1H3. The van der Waals surface area contributed by atoms with Gasteiger partial charge in [0.25, 0.3) is 0 Å². The van der Waals surface area contributed by atoms with Crippen LogP contribution in [0.1, 0.15) is 23.4 Å². The van der Waals surface area contributed by atoms with E-state index >= 15 is 0 Å². The molecule has 1 aromatic heterocycles. The number of likely N-dealkylation sites (N-methyl/N-ethyl adjacent to an activating group) is 1. The van der Waals surface area contributed by atoms with Gasteiger partial charge in [-0.15, -0.1) is 5.10 Å². The van der Waals surface area contributed by atoms with Crippen molar-refractivity contribution in [2.24, 2.45) is 0 Å². The summed E-state index contributed by atoms with van der Waals surface area (Å²) in [5.41, 5.74) is 0.692. The Hall–Kier alpha value is -0.850. The highest BCUT2D eigenvalue weighted by molar-refractivity contribution is 9.10. The summed E-state index contributed by atoms with van der Waals surface area (Å²) in [7, 11) is 0. The van der Waals surface area contributed by atoms with Crippen molar-refractivity contribution in [1.82, 2.24) is 14.9 Å². The first-order chi connectivity index (χ1) is 8.70. The largest absolute Gasteiger partial charge is 0.309 e. The number of hydrogen-bond donors (Lipinski definition) is 1. The fourth-order valence-electron chi connectivity index (χ4n) is 1.76. The Morgan fingerprint density at radius 2 is 2.33 bits per heavy atom. The maximum absolute atomic E-state index is 13.8. The van der Waals surface area contributed by atoms with Gasteiger partial charge in [-0.05, 0) is 42.2 Å². The second-order valence-electron chi connectivity index (χ2n) is 3.87. The van der Waals surface area contributed by atoms with Gasteiger partial charge in [-0.1, -0.05) is 33.4 Å². The summed E-state index contributed by atoms with van der Waals surface area (Å²) in [6.07, 6.45) is 2.32. The summed E-state index contributed by atoms with van der Waals surface area (Å²) < 4.78 is 18.4. The molecular weight excluding hydrogens is 317 g/mol. The van der Waals surface area contributed by atoms with E-state index in [4.69, 9.17) is 0 Å². The van der Waals surface area contributed by atoms with Crippen LogP contribution in [-0.4, -0.2) is 16.1 Å². The third-order valence-corrected chi connectivity index (χ3v) is 3.88. The fraction of sp³-hybridized carbons (Fsp3) is 0.333. The molecule has 18 heavy (non-hydrogen) atoms. The van der Waals surface area contributed by atoms with Crippen molar-refractivity contribution in [3.63, 3.8) is 0 Å². The van der Waals surface area contributed by atoms with Crippen LogP contribution in [0.15, 0.2) is 28.9 Å². The van der Waals surface area contributed by atoms with Gasteiger partial charge in [0.15, 0.2) is 0 Å². The summed E-state index contributed by atoms with van der Waals surface area (Å²) in [4.78, 5) is 1.03. The number of rotatable bonds is 5. The maximum atomic E-state index is 13.8. The molecule has 0 fully saturated rings. The lowest BCUT2D eigenvalue weighted by molar-refractivity contribution is 0.533. The van der Waals surface area contributed by atoms with Crippen LogP contribution < -0.4 is 5.32 Å². The zero-order chi connectivity index (χ0) is 13.0. The first-order valence-electron chi connectivity index (χ1n) is 5.65. The van der Waals surface area contributed by atoms with Gasteiger partial charge in [-0.3, -0.25) is 0 Å². The molecular formula is C12H13BrFN3S. The highest BCUT2D eigenvalue weighted by Gasteiger charge is 2.15. The van der Waals surface area contributed by atoms with Gasteiger partial charge in [0.2, 0.25) is 0 Å². The minimum atomic E-state index is -0.190. The topological polar surface area (TPSA) is 37.8 Å². The Balaban J connectivity index is 2.18. The molecule has 0 amide bonds. The van der Waals surface area contributed by atoms with Gasteiger partial charge in [0.05, 0.1) is 11.1 Å². The highest BCUT2D eigenvalue weighted by Crippen LogP contribution is 2.23. The molecule has 6 heteroatoms. The zero-order valence-electron chi connectivity index (χ0n) is 9.86. The van der Waals surface area contributed by atoms with Gasteiger partial charge in [0, 0.05) is 10.5 Å². The average Bonchev–Trinajstić information content (AvgIpc) is 2.85. The lowest BCUT2D eigenvalue weighted by Gasteiger charge is -2.16. The van der Waals surface area contributed by atoms with Crippen molar-refractivity contribution in [2.75, 3.05) is 6.54 Å². The van der Waals surface area contributed by atoms with Gasteiger partial charge in [0.1, 0.15) is 5.82 Å². The van der Waals surface area contributed by atoms with E-state index in [0.717, 1.165) is 15.9 Å². The maximum Gasteiger partial charge on any atom is 0.127 e. The number of nitrogens with zero attached hydrogens (tertiary/aromatic N) is 2. The summed E-state index contributed by atoms with van der Waals surface area (Å²) in [6, 6.07) is 5.21. The molecule has 1 unspecified atom stereocenters. The Bertz CT molecular complexity index is 504. The molecule has 0 radical (unpaired) electrons. The molecule has 0 aliphatic carbocycles. The summed E-state index contributed by atoms with van der Waals surface area (Å²) in [5, 5.41) is 7.16. The molecule has 0 aliphatic rings. The van der Waals surface area contributed by atoms with Crippen LogP contribution >= 0.6 is 27.5 Å². The van der Waals surface area contributed by atoms with Gasteiger partial charge < -0.3 is 5.32 Å². The second-order valence-corrected chi connectivity index (χ2v) is 5.60. The molecule has 0 spiro atoms. The van der Waals surface area contributed by atoms with Gasteiger partial charge >= 0.3 is 0 Å². The molecule has 1 N–H and O–H groups in total. The zero-order valence-corrected chi connectivity index (χ0v) is 12.3. The van der Waals surface area contributed by atoms with Crippen molar-refractivity contribution < 1.29 is 4.39 Å². The molecule has 1 atom stereocenters. The molecule has 1 aromatic carbocycles. The normalized spacial score (nSPS) is 12.6. The minimum Gasteiger partial charge on any atom is -0.309 e. The lowest BCUT2D eigenvalue weighted by atomic mass is 10.0. The van der Waals surface area contributed by atoms with E-state index in [1.54, 1.807) is 12.3 Å². The predicted octanol–water partition coefficient (Wildman–Crippen LogP) is 3.33. The van der Waals surface area contributed by atoms with Gasteiger partial charge in [-0.25, -0.2) is 4.39 Å².